The first kappa shape index (κ1) is 12.0. The molecular weight excluding hydrogens is 256 g/mol. The number of fused-ring (bicyclic) bond motifs is 1. The predicted octanol–water partition coefficient (Wildman–Crippen LogP) is 0.127. The first-order valence-corrected chi connectivity index (χ1v) is 7.07. The Hall–Kier alpha value is -1.73. The molecule has 0 bridgehead atoms. The van der Waals surface area contributed by atoms with Crippen molar-refractivity contribution in [3.8, 4) is 0 Å². The van der Waals surface area contributed by atoms with E-state index in [1.165, 1.54) is 5.69 Å². The smallest absolute Gasteiger partial charge is 0.137 e. The molecule has 2 aromatic heterocycles. The molecule has 106 valence electrons. The van der Waals surface area contributed by atoms with Crippen LogP contribution in [0.4, 0.5) is 0 Å². The number of aromatic nitrogens is 5. The van der Waals surface area contributed by atoms with E-state index in [9.17, 15) is 0 Å². The number of ether oxygens (including phenoxy) is 1. The molecule has 2 aliphatic heterocycles. The molecule has 0 saturated carbocycles. The normalized spacial score (nSPS) is 23.1. The minimum Gasteiger partial charge on any atom is -0.380 e. The molecule has 0 aromatic carbocycles. The maximum atomic E-state index is 5.49. The molecule has 20 heavy (non-hydrogen) atoms. The van der Waals surface area contributed by atoms with Crippen LogP contribution < -0.4 is 0 Å². The van der Waals surface area contributed by atoms with E-state index in [0.29, 0.717) is 6.04 Å². The highest BCUT2D eigenvalue weighted by Crippen LogP contribution is 2.20. The van der Waals surface area contributed by atoms with Crippen LogP contribution in [0, 0.1) is 0 Å². The second-order valence-corrected chi connectivity index (χ2v) is 5.40. The summed E-state index contributed by atoms with van der Waals surface area (Å²) in [5.74, 6) is 1.15. The Labute approximate surface area is 117 Å². The third-order valence-electron chi connectivity index (χ3n) is 4.19. The van der Waals surface area contributed by atoms with Crippen LogP contribution in [0.5, 0.6) is 0 Å². The molecule has 0 N–H and O–H groups in total. The van der Waals surface area contributed by atoms with Gasteiger partial charge in [0.05, 0.1) is 31.6 Å². The number of imidazole rings is 1. The van der Waals surface area contributed by atoms with Crippen LogP contribution in [0.2, 0.25) is 0 Å². The van der Waals surface area contributed by atoms with Gasteiger partial charge in [0.2, 0.25) is 0 Å². The molecule has 1 fully saturated rings. The number of nitrogens with zero attached hydrogens (tertiary/aromatic N) is 6. The Morgan fingerprint density at radius 2 is 2.35 bits per heavy atom. The largest absolute Gasteiger partial charge is 0.380 e. The first-order chi connectivity index (χ1) is 9.90. The van der Waals surface area contributed by atoms with Gasteiger partial charge < -0.3 is 9.30 Å². The summed E-state index contributed by atoms with van der Waals surface area (Å²) in [5, 5.41) is 4.16. The summed E-state index contributed by atoms with van der Waals surface area (Å²) in [5.41, 5.74) is 1.20. The van der Waals surface area contributed by atoms with Crippen LogP contribution in [-0.4, -0.2) is 55.0 Å². The molecule has 0 radical (unpaired) electrons. The van der Waals surface area contributed by atoms with Gasteiger partial charge in [-0.3, -0.25) is 4.90 Å². The Morgan fingerprint density at radius 1 is 1.35 bits per heavy atom. The minimum atomic E-state index is 0.569. The molecule has 0 unspecified atom stereocenters. The second kappa shape index (κ2) is 4.99. The second-order valence-electron chi connectivity index (χ2n) is 5.40. The van der Waals surface area contributed by atoms with Gasteiger partial charge in [-0.05, 0) is 6.42 Å². The summed E-state index contributed by atoms with van der Waals surface area (Å²) in [7, 11) is 0. The monoisotopic (exact) mass is 274 g/mol. The predicted molar refractivity (Wildman–Crippen MR) is 71.0 cm³/mol. The average Bonchev–Trinajstić information content (AvgIpc) is 3.20. The molecule has 7 heteroatoms. The molecule has 4 heterocycles. The molecule has 0 spiro atoms. The van der Waals surface area contributed by atoms with Crippen LogP contribution in [0.1, 0.15) is 17.9 Å². The Kier molecular flexibility index (Phi) is 3.00. The van der Waals surface area contributed by atoms with E-state index in [1.54, 1.807) is 12.7 Å². The van der Waals surface area contributed by atoms with Crippen LogP contribution in [-0.2, 0) is 24.4 Å². The van der Waals surface area contributed by atoms with Crippen molar-refractivity contribution in [1.82, 2.24) is 29.2 Å². The van der Waals surface area contributed by atoms with E-state index in [2.05, 4.69) is 24.5 Å². The summed E-state index contributed by atoms with van der Waals surface area (Å²) >= 11 is 0. The standard InChI is InChI=1S/C13H18N6O/c1-4-20-8-11(1)17-2-3-19-12(5-15-13(19)7-17)6-18-10-14-9-16-18/h5,9-11H,1-4,6-8H2/t11-/m1/s1. The zero-order valence-corrected chi connectivity index (χ0v) is 11.4. The number of hydrogen-bond donors (Lipinski definition) is 0. The van der Waals surface area contributed by atoms with E-state index in [4.69, 9.17) is 4.74 Å². The van der Waals surface area contributed by atoms with Gasteiger partial charge >= 0.3 is 0 Å². The summed E-state index contributed by atoms with van der Waals surface area (Å²) in [6.07, 6.45) is 6.42. The highest BCUT2D eigenvalue weighted by atomic mass is 16.5. The SMILES string of the molecule is c1ncn(Cc2cnc3n2CCN([C@@H]2CCOC2)C3)n1. The van der Waals surface area contributed by atoms with Crippen molar-refractivity contribution in [2.45, 2.75) is 32.1 Å². The van der Waals surface area contributed by atoms with Crippen molar-refractivity contribution < 1.29 is 4.74 Å². The summed E-state index contributed by atoms with van der Waals surface area (Å²) < 4.78 is 9.63. The lowest BCUT2D eigenvalue weighted by Crippen LogP contribution is -2.41. The lowest BCUT2D eigenvalue weighted by Gasteiger charge is -2.32. The molecule has 7 nitrogen and oxygen atoms in total. The maximum absolute atomic E-state index is 5.49. The quantitative estimate of drug-likeness (QED) is 0.796. The zero-order valence-electron chi connectivity index (χ0n) is 11.4. The number of hydrogen-bond acceptors (Lipinski definition) is 5. The Balaban J connectivity index is 1.51. The summed E-state index contributed by atoms with van der Waals surface area (Å²) in [6, 6.07) is 0.569. The van der Waals surface area contributed by atoms with E-state index >= 15 is 0 Å². The minimum absolute atomic E-state index is 0.569. The van der Waals surface area contributed by atoms with Gasteiger partial charge in [0.25, 0.3) is 0 Å². The lowest BCUT2D eigenvalue weighted by molar-refractivity contribution is 0.120. The van der Waals surface area contributed by atoms with Gasteiger partial charge in [0.1, 0.15) is 18.5 Å². The molecule has 2 aliphatic rings. The molecule has 0 aliphatic carbocycles. The average molecular weight is 274 g/mol. The third kappa shape index (κ3) is 2.12. The van der Waals surface area contributed by atoms with Crippen LogP contribution in [0.25, 0.3) is 0 Å². The Morgan fingerprint density at radius 3 is 3.15 bits per heavy atom. The highest BCUT2D eigenvalue weighted by molar-refractivity contribution is 5.08. The van der Waals surface area contributed by atoms with Gasteiger partial charge in [-0.25, -0.2) is 14.6 Å². The lowest BCUT2D eigenvalue weighted by atomic mass is 10.2. The van der Waals surface area contributed by atoms with Gasteiger partial charge in [-0.1, -0.05) is 0 Å². The zero-order chi connectivity index (χ0) is 13.4. The van der Waals surface area contributed by atoms with E-state index in [0.717, 1.165) is 51.6 Å². The van der Waals surface area contributed by atoms with Gasteiger partial charge in [-0.2, -0.15) is 5.10 Å². The van der Waals surface area contributed by atoms with Crippen molar-refractivity contribution in [1.29, 1.82) is 0 Å². The molecule has 0 amide bonds. The van der Waals surface area contributed by atoms with Crippen LogP contribution in [0.15, 0.2) is 18.9 Å². The van der Waals surface area contributed by atoms with Crippen LogP contribution >= 0.6 is 0 Å². The molecule has 1 atom stereocenters. The van der Waals surface area contributed by atoms with Crippen molar-refractivity contribution in [2.75, 3.05) is 19.8 Å². The van der Waals surface area contributed by atoms with Gasteiger partial charge in [0.15, 0.2) is 0 Å². The fourth-order valence-electron chi connectivity index (χ4n) is 3.07. The number of rotatable bonds is 3. The van der Waals surface area contributed by atoms with E-state index in [1.807, 2.05) is 10.9 Å². The fourth-order valence-corrected chi connectivity index (χ4v) is 3.07. The van der Waals surface area contributed by atoms with Gasteiger partial charge in [0, 0.05) is 25.7 Å². The molecule has 2 aromatic rings. The first-order valence-electron chi connectivity index (χ1n) is 7.07. The fraction of sp³-hybridized carbons (Fsp3) is 0.615. The van der Waals surface area contributed by atoms with Crippen molar-refractivity contribution in [2.24, 2.45) is 0 Å². The molecule has 4 rings (SSSR count). The van der Waals surface area contributed by atoms with Crippen molar-refractivity contribution in [3.63, 3.8) is 0 Å². The molecular formula is C13H18N6O. The van der Waals surface area contributed by atoms with Gasteiger partial charge in [-0.15, -0.1) is 0 Å². The van der Waals surface area contributed by atoms with Crippen molar-refractivity contribution >= 4 is 0 Å². The summed E-state index contributed by atoms with van der Waals surface area (Å²) in [6.45, 7) is 5.49. The van der Waals surface area contributed by atoms with Crippen LogP contribution in [0.3, 0.4) is 0 Å². The third-order valence-corrected chi connectivity index (χ3v) is 4.19. The topological polar surface area (TPSA) is 61.0 Å². The Bertz CT molecular complexity index is 572. The van der Waals surface area contributed by atoms with Crippen molar-refractivity contribution in [3.05, 3.63) is 30.4 Å². The highest BCUT2D eigenvalue weighted by Gasteiger charge is 2.28. The summed E-state index contributed by atoms with van der Waals surface area (Å²) in [4.78, 5) is 11.1. The molecule has 1 saturated heterocycles. The van der Waals surface area contributed by atoms with E-state index in [-0.39, 0.29) is 0 Å². The maximum Gasteiger partial charge on any atom is 0.137 e. The van der Waals surface area contributed by atoms with E-state index < -0.39 is 0 Å².